The van der Waals surface area contributed by atoms with Crippen molar-refractivity contribution in [3.05, 3.63) is 24.0 Å². The Labute approximate surface area is 126 Å². The molecule has 0 atom stereocenters. The lowest BCUT2D eigenvalue weighted by molar-refractivity contribution is 0.0933. The molecule has 1 amide bonds. The maximum atomic E-state index is 12.2. The number of carbonyl (C=O) groups excluding carboxylic acids is 1. The van der Waals surface area contributed by atoms with Gasteiger partial charge in [-0.1, -0.05) is 32.1 Å². The maximum Gasteiger partial charge on any atom is 0.270 e. The molecule has 2 N–H and O–H groups in total. The number of rotatable bonds is 4. The van der Waals surface area contributed by atoms with Crippen LogP contribution in [0.3, 0.4) is 0 Å². The molecule has 2 aliphatic rings. The third kappa shape index (κ3) is 3.96. The second kappa shape index (κ2) is 6.92. The molecule has 0 saturated heterocycles. The molecule has 21 heavy (non-hydrogen) atoms. The van der Waals surface area contributed by atoms with E-state index in [1.165, 1.54) is 44.9 Å². The van der Waals surface area contributed by atoms with E-state index in [0.29, 0.717) is 17.8 Å². The van der Waals surface area contributed by atoms with Crippen LogP contribution in [0.25, 0.3) is 0 Å². The number of aromatic nitrogens is 1. The van der Waals surface area contributed by atoms with Crippen molar-refractivity contribution in [1.82, 2.24) is 10.3 Å². The quantitative estimate of drug-likeness (QED) is 0.891. The maximum absolute atomic E-state index is 12.2. The summed E-state index contributed by atoms with van der Waals surface area (Å²) in [5.74, 6) is -0.0332. The zero-order valence-electron chi connectivity index (χ0n) is 12.6. The van der Waals surface area contributed by atoms with Crippen LogP contribution in [0.4, 0.5) is 5.69 Å². The topological polar surface area (TPSA) is 54.0 Å². The van der Waals surface area contributed by atoms with Gasteiger partial charge in [-0.15, -0.1) is 0 Å². The molecule has 0 spiro atoms. The average molecular weight is 287 g/mol. The number of hydrogen-bond donors (Lipinski definition) is 2. The van der Waals surface area contributed by atoms with E-state index < -0.39 is 0 Å². The summed E-state index contributed by atoms with van der Waals surface area (Å²) in [4.78, 5) is 16.5. The lowest BCUT2D eigenvalue weighted by Gasteiger charge is -2.24. The van der Waals surface area contributed by atoms with Crippen LogP contribution in [-0.4, -0.2) is 23.0 Å². The van der Waals surface area contributed by atoms with Gasteiger partial charge in [-0.25, -0.2) is 0 Å². The second-order valence-corrected chi connectivity index (χ2v) is 6.36. The molecule has 3 rings (SSSR count). The highest BCUT2D eigenvalue weighted by atomic mass is 16.1. The summed E-state index contributed by atoms with van der Waals surface area (Å²) in [6, 6.07) is 4.74. The van der Waals surface area contributed by atoms with Crippen molar-refractivity contribution in [2.45, 2.75) is 69.9 Å². The van der Waals surface area contributed by atoms with Crippen LogP contribution in [0.2, 0.25) is 0 Å². The fraction of sp³-hybridized carbons (Fsp3) is 0.647. The first-order valence-electron chi connectivity index (χ1n) is 8.35. The summed E-state index contributed by atoms with van der Waals surface area (Å²) in [6.07, 6.45) is 12.8. The summed E-state index contributed by atoms with van der Waals surface area (Å²) in [5, 5.41) is 6.65. The van der Waals surface area contributed by atoms with Crippen molar-refractivity contribution in [2.75, 3.05) is 5.32 Å². The van der Waals surface area contributed by atoms with Crippen LogP contribution in [0, 0.1) is 0 Å². The van der Waals surface area contributed by atoms with Gasteiger partial charge in [-0.3, -0.25) is 9.78 Å². The smallest absolute Gasteiger partial charge is 0.270 e. The molecule has 0 aromatic carbocycles. The minimum absolute atomic E-state index is 0.0332. The molecule has 0 bridgehead atoms. The predicted octanol–water partition coefficient (Wildman–Crippen LogP) is 3.50. The van der Waals surface area contributed by atoms with E-state index in [1.54, 1.807) is 6.20 Å². The SMILES string of the molecule is O=C(NC1CCCC1)c1cc(NC2CCCCC2)ccn1. The summed E-state index contributed by atoms with van der Waals surface area (Å²) >= 11 is 0. The fourth-order valence-electron chi connectivity index (χ4n) is 3.46. The van der Waals surface area contributed by atoms with Crippen molar-refractivity contribution < 1.29 is 4.79 Å². The number of amides is 1. The Balaban J connectivity index is 1.60. The minimum atomic E-state index is -0.0332. The van der Waals surface area contributed by atoms with Gasteiger partial charge in [0, 0.05) is 24.0 Å². The first kappa shape index (κ1) is 14.4. The highest BCUT2D eigenvalue weighted by molar-refractivity contribution is 5.93. The number of pyridine rings is 1. The second-order valence-electron chi connectivity index (χ2n) is 6.36. The van der Waals surface area contributed by atoms with E-state index in [1.807, 2.05) is 12.1 Å². The van der Waals surface area contributed by atoms with E-state index in [9.17, 15) is 4.79 Å². The highest BCUT2D eigenvalue weighted by Gasteiger charge is 2.19. The first-order chi connectivity index (χ1) is 10.3. The van der Waals surface area contributed by atoms with Gasteiger partial charge >= 0.3 is 0 Å². The van der Waals surface area contributed by atoms with Crippen LogP contribution >= 0.6 is 0 Å². The van der Waals surface area contributed by atoms with Gasteiger partial charge in [-0.2, -0.15) is 0 Å². The van der Waals surface area contributed by atoms with Crippen molar-refractivity contribution in [3.63, 3.8) is 0 Å². The number of anilines is 1. The van der Waals surface area contributed by atoms with E-state index in [-0.39, 0.29) is 5.91 Å². The molecule has 0 aliphatic heterocycles. The molecule has 1 aromatic heterocycles. The average Bonchev–Trinajstić information content (AvgIpc) is 3.01. The molecule has 2 fully saturated rings. The van der Waals surface area contributed by atoms with Gasteiger partial charge in [0.15, 0.2) is 0 Å². The number of carbonyl (C=O) groups is 1. The van der Waals surface area contributed by atoms with Gasteiger partial charge in [0.2, 0.25) is 0 Å². The minimum Gasteiger partial charge on any atom is -0.382 e. The van der Waals surface area contributed by atoms with Crippen molar-refractivity contribution in [1.29, 1.82) is 0 Å². The molecule has 0 radical (unpaired) electrons. The molecule has 114 valence electrons. The van der Waals surface area contributed by atoms with Crippen LogP contribution in [0.15, 0.2) is 18.3 Å². The summed E-state index contributed by atoms with van der Waals surface area (Å²) in [5.41, 5.74) is 1.55. The Morgan fingerprint density at radius 3 is 2.43 bits per heavy atom. The van der Waals surface area contributed by atoms with Crippen molar-refractivity contribution in [2.24, 2.45) is 0 Å². The lowest BCUT2D eigenvalue weighted by Crippen LogP contribution is -2.33. The zero-order valence-corrected chi connectivity index (χ0v) is 12.6. The van der Waals surface area contributed by atoms with Gasteiger partial charge < -0.3 is 10.6 Å². The Hall–Kier alpha value is -1.58. The summed E-state index contributed by atoms with van der Waals surface area (Å²) in [7, 11) is 0. The van der Waals surface area contributed by atoms with E-state index >= 15 is 0 Å². The Morgan fingerprint density at radius 1 is 1.00 bits per heavy atom. The van der Waals surface area contributed by atoms with Crippen LogP contribution in [0.5, 0.6) is 0 Å². The Morgan fingerprint density at radius 2 is 1.67 bits per heavy atom. The highest BCUT2D eigenvalue weighted by Crippen LogP contribution is 2.22. The number of nitrogens with zero attached hydrogens (tertiary/aromatic N) is 1. The molecule has 2 saturated carbocycles. The molecule has 4 heteroatoms. The first-order valence-corrected chi connectivity index (χ1v) is 8.35. The normalized spacial score (nSPS) is 20.4. The van der Waals surface area contributed by atoms with Gasteiger partial charge in [0.05, 0.1) is 0 Å². The van der Waals surface area contributed by atoms with Gasteiger partial charge in [-0.05, 0) is 37.8 Å². The summed E-state index contributed by atoms with van der Waals surface area (Å²) < 4.78 is 0. The molecule has 1 aromatic rings. The summed E-state index contributed by atoms with van der Waals surface area (Å²) in [6.45, 7) is 0. The third-order valence-electron chi connectivity index (χ3n) is 4.66. The number of hydrogen-bond acceptors (Lipinski definition) is 3. The monoisotopic (exact) mass is 287 g/mol. The Bertz CT molecular complexity index is 477. The van der Waals surface area contributed by atoms with Gasteiger partial charge in [0.1, 0.15) is 5.69 Å². The van der Waals surface area contributed by atoms with Crippen LogP contribution < -0.4 is 10.6 Å². The van der Waals surface area contributed by atoms with E-state index in [0.717, 1.165) is 18.5 Å². The molecular weight excluding hydrogens is 262 g/mol. The fourth-order valence-corrected chi connectivity index (χ4v) is 3.46. The largest absolute Gasteiger partial charge is 0.382 e. The standard InChI is InChI=1S/C17H25N3O/c21-17(20-14-8-4-5-9-14)16-12-15(10-11-18-16)19-13-6-2-1-3-7-13/h10-14H,1-9H2,(H,18,19)(H,20,21). The lowest BCUT2D eigenvalue weighted by atomic mass is 9.95. The van der Waals surface area contributed by atoms with Gasteiger partial charge in [0.25, 0.3) is 5.91 Å². The van der Waals surface area contributed by atoms with E-state index in [2.05, 4.69) is 15.6 Å². The molecular formula is C17H25N3O. The molecule has 4 nitrogen and oxygen atoms in total. The zero-order chi connectivity index (χ0) is 14.5. The predicted molar refractivity (Wildman–Crippen MR) is 84.5 cm³/mol. The Kier molecular flexibility index (Phi) is 4.73. The van der Waals surface area contributed by atoms with Crippen molar-refractivity contribution >= 4 is 11.6 Å². The molecule has 1 heterocycles. The third-order valence-corrected chi connectivity index (χ3v) is 4.66. The van der Waals surface area contributed by atoms with Crippen LogP contribution in [0.1, 0.15) is 68.3 Å². The molecule has 0 unspecified atom stereocenters. The van der Waals surface area contributed by atoms with E-state index in [4.69, 9.17) is 0 Å². The number of nitrogens with one attached hydrogen (secondary N) is 2. The van der Waals surface area contributed by atoms with Crippen LogP contribution in [-0.2, 0) is 0 Å². The van der Waals surface area contributed by atoms with Crippen molar-refractivity contribution in [3.8, 4) is 0 Å². The molecule has 2 aliphatic carbocycles.